The normalized spacial score (nSPS) is 10.8. The van der Waals surface area contributed by atoms with Gasteiger partial charge in [0.1, 0.15) is 23.3 Å². The Morgan fingerprint density at radius 3 is 2.58 bits per heavy atom. The molecule has 0 aliphatic heterocycles. The Morgan fingerprint density at radius 1 is 1.23 bits per heavy atom. The summed E-state index contributed by atoms with van der Waals surface area (Å²) in [7, 11) is 0. The molecule has 0 aliphatic rings. The lowest BCUT2D eigenvalue weighted by atomic mass is 10.2. The van der Waals surface area contributed by atoms with Gasteiger partial charge < -0.3 is 10.6 Å². The lowest BCUT2D eigenvalue weighted by Gasteiger charge is -2.07. The molecule has 2 aromatic carbocycles. The van der Waals surface area contributed by atoms with Crippen molar-refractivity contribution in [2.75, 3.05) is 10.6 Å². The monoisotopic (exact) mass is 378 g/mol. The molecule has 0 fully saturated rings. The van der Waals surface area contributed by atoms with Crippen LogP contribution in [-0.4, -0.2) is 10.8 Å². The van der Waals surface area contributed by atoms with Gasteiger partial charge in [-0.15, -0.1) is 0 Å². The van der Waals surface area contributed by atoms with Crippen LogP contribution >= 0.6 is 11.6 Å². The van der Waals surface area contributed by atoms with E-state index in [1.807, 2.05) is 0 Å². The zero-order chi connectivity index (χ0) is 19.3. The highest BCUT2D eigenvalue weighted by molar-refractivity contribution is 6.34. The van der Waals surface area contributed by atoms with Crippen LogP contribution in [0, 0.1) is 33.1 Å². The quantitative estimate of drug-likeness (QED) is 0.354. The molecular formula is C16H9ClF2N4O3. The van der Waals surface area contributed by atoms with Crippen molar-refractivity contribution in [3.05, 3.63) is 74.9 Å². The van der Waals surface area contributed by atoms with Gasteiger partial charge in [0.2, 0.25) is 0 Å². The SMILES string of the molecule is N#C/C(=C/Nc1ccc(F)cc1F)C(=O)Nc1cc([N+](=O)[O-])ccc1Cl. The zero-order valence-corrected chi connectivity index (χ0v) is 13.6. The predicted molar refractivity (Wildman–Crippen MR) is 90.4 cm³/mol. The molecule has 0 bridgehead atoms. The van der Waals surface area contributed by atoms with E-state index in [0.29, 0.717) is 6.07 Å². The molecule has 2 aromatic rings. The number of amides is 1. The number of rotatable bonds is 5. The molecule has 0 heterocycles. The second-order valence-electron chi connectivity index (χ2n) is 4.81. The Bertz CT molecular complexity index is 957. The van der Waals surface area contributed by atoms with Crippen LogP contribution < -0.4 is 10.6 Å². The Hall–Kier alpha value is -3.51. The maximum atomic E-state index is 13.5. The average molecular weight is 379 g/mol. The minimum absolute atomic E-state index is 0.0266. The molecule has 132 valence electrons. The number of hydrogen-bond acceptors (Lipinski definition) is 5. The summed E-state index contributed by atoms with van der Waals surface area (Å²) in [4.78, 5) is 22.2. The summed E-state index contributed by atoms with van der Waals surface area (Å²) in [5.41, 5.74) is -0.990. The highest BCUT2D eigenvalue weighted by atomic mass is 35.5. The number of hydrogen-bond donors (Lipinski definition) is 2. The van der Waals surface area contributed by atoms with Crippen LogP contribution in [0.5, 0.6) is 0 Å². The minimum atomic E-state index is -0.926. The third kappa shape index (κ3) is 4.52. The molecular weight excluding hydrogens is 370 g/mol. The van der Waals surface area contributed by atoms with Crippen molar-refractivity contribution in [1.82, 2.24) is 0 Å². The van der Waals surface area contributed by atoms with Crippen molar-refractivity contribution in [2.45, 2.75) is 0 Å². The lowest BCUT2D eigenvalue weighted by molar-refractivity contribution is -0.384. The van der Waals surface area contributed by atoms with Crippen LogP contribution in [0.1, 0.15) is 0 Å². The molecule has 2 N–H and O–H groups in total. The molecule has 0 spiro atoms. The van der Waals surface area contributed by atoms with E-state index in [1.165, 1.54) is 6.07 Å². The highest BCUT2D eigenvalue weighted by Gasteiger charge is 2.15. The van der Waals surface area contributed by atoms with Crippen molar-refractivity contribution >= 4 is 34.6 Å². The fraction of sp³-hybridized carbons (Fsp3) is 0. The van der Waals surface area contributed by atoms with Crippen LogP contribution in [0.3, 0.4) is 0 Å². The van der Waals surface area contributed by atoms with Gasteiger partial charge in [-0.2, -0.15) is 5.26 Å². The van der Waals surface area contributed by atoms with Gasteiger partial charge in [-0.25, -0.2) is 8.78 Å². The molecule has 1 amide bonds. The van der Waals surface area contributed by atoms with E-state index in [0.717, 1.165) is 30.5 Å². The summed E-state index contributed by atoms with van der Waals surface area (Å²) < 4.78 is 26.4. The fourth-order valence-electron chi connectivity index (χ4n) is 1.82. The second-order valence-corrected chi connectivity index (χ2v) is 5.22. The first-order valence-electron chi connectivity index (χ1n) is 6.89. The molecule has 0 radical (unpaired) electrons. The van der Waals surface area contributed by atoms with Crippen LogP contribution in [0.2, 0.25) is 5.02 Å². The molecule has 0 saturated carbocycles. The first-order valence-corrected chi connectivity index (χ1v) is 7.26. The zero-order valence-electron chi connectivity index (χ0n) is 12.8. The number of halogens is 3. The summed E-state index contributed by atoms with van der Waals surface area (Å²) in [6.07, 6.45) is 0.914. The van der Waals surface area contributed by atoms with E-state index >= 15 is 0 Å². The van der Waals surface area contributed by atoms with E-state index in [9.17, 15) is 23.7 Å². The van der Waals surface area contributed by atoms with Gasteiger partial charge in [0.05, 0.1) is 21.3 Å². The number of non-ortho nitro benzene ring substituents is 1. The van der Waals surface area contributed by atoms with Gasteiger partial charge in [-0.3, -0.25) is 14.9 Å². The summed E-state index contributed by atoms with van der Waals surface area (Å²) in [5.74, 6) is -2.62. The van der Waals surface area contributed by atoms with Gasteiger partial charge in [-0.1, -0.05) is 11.6 Å². The first kappa shape index (κ1) is 18.8. The number of carbonyl (C=O) groups excluding carboxylic acids is 1. The van der Waals surface area contributed by atoms with Gasteiger partial charge >= 0.3 is 0 Å². The number of nitrogens with one attached hydrogen (secondary N) is 2. The number of anilines is 2. The van der Waals surface area contributed by atoms with E-state index in [2.05, 4.69) is 10.6 Å². The maximum Gasteiger partial charge on any atom is 0.271 e. The van der Waals surface area contributed by atoms with Gasteiger partial charge in [-0.05, 0) is 18.2 Å². The molecule has 0 unspecified atom stereocenters. The molecule has 26 heavy (non-hydrogen) atoms. The smallest absolute Gasteiger partial charge is 0.271 e. The van der Waals surface area contributed by atoms with E-state index < -0.39 is 28.0 Å². The Kier molecular flexibility index (Phi) is 5.82. The highest BCUT2D eigenvalue weighted by Crippen LogP contribution is 2.27. The molecule has 2 rings (SSSR count). The number of carbonyl (C=O) groups is 1. The Balaban J connectivity index is 2.20. The molecule has 0 aliphatic carbocycles. The first-order chi connectivity index (χ1) is 12.3. The van der Waals surface area contributed by atoms with E-state index in [1.54, 1.807) is 6.07 Å². The fourth-order valence-corrected chi connectivity index (χ4v) is 1.98. The minimum Gasteiger partial charge on any atom is -0.358 e. The summed E-state index contributed by atoms with van der Waals surface area (Å²) >= 11 is 5.86. The largest absolute Gasteiger partial charge is 0.358 e. The van der Waals surface area contributed by atoms with Gasteiger partial charge in [0.15, 0.2) is 0 Å². The summed E-state index contributed by atoms with van der Waals surface area (Å²) in [6, 6.07) is 7.71. The number of nitro benzene ring substituents is 1. The van der Waals surface area contributed by atoms with E-state index in [-0.39, 0.29) is 22.1 Å². The molecule has 0 atom stereocenters. The van der Waals surface area contributed by atoms with Gasteiger partial charge in [0.25, 0.3) is 11.6 Å². The van der Waals surface area contributed by atoms with E-state index in [4.69, 9.17) is 16.9 Å². The number of nitriles is 1. The third-order valence-corrected chi connectivity index (χ3v) is 3.41. The molecule has 0 aromatic heterocycles. The van der Waals surface area contributed by atoms with Gasteiger partial charge in [0, 0.05) is 24.4 Å². The molecule has 10 heteroatoms. The number of nitrogens with zero attached hydrogens (tertiary/aromatic N) is 2. The number of benzene rings is 2. The standard InChI is InChI=1S/C16H9ClF2N4O3/c17-12-3-2-11(23(25)26)6-15(12)22-16(24)9(7-20)8-21-14-4-1-10(18)5-13(14)19/h1-6,8,21H,(H,22,24)/b9-8-. The summed E-state index contributed by atoms with van der Waals surface area (Å²) in [5, 5.41) is 24.5. The van der Waals surface area contributed by atoms with Crippen LogP contribution in [-0.2, 0) is 4.79 Å². The average Bonchev–Trinajstić information content (AvgIpc) is 2.58. The number of nitro groups is 1. The predicted octanol–water partition coefficient (Wildman–Crippen LogP) is 3.98. The van der Waals surface area contributed by atoms with Crippen LogP contribution in [0.15, 0.2) is 48.2 Å². The lowest BCUT2D eigenvalue weighted by Crippen LogP contribution is -2.15. The summed E-state index contributed by atoms with van der Waals surface area (Å²) in [6.45, 7) is 0. The second kappa shape index (κ2) is 8.04. The molecule has 0 saturated heterocycles. The van der Waals surface area contributed by atoms with Crippen molar-refractivity contribution in [3.8, 4) is 6.07 Å². The van der Waals surface area contributed by atoms with Crippen LogP contribution in [0.25, 0.3) is 0 Å². The van der Waals surface area contributed by atoms with Crippen molar-refractivity contribution in [3.63, 3.8) is 0 Å². The van der Waals surface area contributed by atoms with Crippen molar-refractivity contribution in [1.29, 1.82) is 5.26 Å². The van der Waals surface area contributed by atoms with Crippen molar-refractivity contribution in [2.24, 2.45) is 0 Å². The topological polar surface area (TPSA) is 108 Å². The molecule has 7 nitrogen and oxygen atoms in total. The van der Waals surface area contributed by atoms with Crippen molar-refractivity contribution < 1.29 is 18.5 Å². The Labute approximate surface area is 150 Å². The third-order valence-electron chi connectivity index (χ3n) is 3.08. The maximum absolute atomic E-state index is 13.5. The Morgan fingerprint density at radius 2 is 1.96 bits per heavy atom. The van der Waals surface area contributed by atoms with Crippen LogP contribution in [0.4, 0.5) is 25.8 Å².